The van der Waals surface area contributed by atoms with E-state index in [2.05, 4.69) is 10.6 Å². The molecular formula is C24H31N3O4. The number of hydrogen-bond donors (Lipinski definition) is 2. The second kappa shape index (κ2) is 9.64. The van der Waals surface area contributed by atoms with Crippen LogP contribution in [0.1, 0.15) is 47.8 Å². The molecule has 0 aliphatic heterocycles. The zero-order valence-electron chi connectivity index (χ0n) is 19.3. The summed E-state index contributed by atoms with van der Waals surface area (Å²) >= 11 is 0. The van der Waals surface area contributed by atoms with Crippen LogP contribution in [0.5, 0.6) is 0 Å². The van der Waals surface area contributed by atoms with E-state index < -0.39 is 11.7 Å². The summed E-state index contributed by atoms with van der Waals surface area (Å²) < 4.78 is 5.20. The Balaban J connectivity index is 1.97. The first-order valence-corrected chi connectivity index (χ1v) is 10.1. The Morgan fingerprint density at radius 1 is 0.935 bits per heavy atom. The molecule has 2 rings (SSSR count). The molecule has 3 amide bonds. The van der Waals surface area contributed by atoms with Gasteiger partial charge in [0.1, 0.15) is 5.60 Å². The first kappa shape index (κ1) is 23.9. The van der Waals surface area contributed by atoms with Crippen LogP contribution in [0.25, 0.3) is 0 Å². The van der Waals surface area contributed by atoms with Gasteiger partial charge >= 0.3 is 6.09 Å². The highest BCUT2D eigenvalue weighted by molar-refractivity contribution is 6.00. The Morgan fingerprint density at radius 2 is 1.48 bits per heavy atom. The highest BCUT2D eigenvalue weighted by atomic mass is 16.6. The van der Waals surface area contributed by atoms with Crippen LogP contribution in [-0.2, 0) is 9.53 Å². The van der Waals surface area contributed by atoms with Gasteiger partial charge in [0.2, 0.25) is 5.91 Å². The van der Waals surface area contributed by atoms with Crippen molar-refractivity contribution in [3.05, 3.63) is 58.7 Å². The van der Waals surface area contributed by atoms with E-state index in [-0.39, 0.29) is 18.4 Å². The molecule has 0 saturated carbocycles. The van der Waals surface area contributed by atoms with Crippen molar-refractivity contribution in [3.63, 3.8) is 0 Å². The summed E-state index contributed by atoms with van der Waals surface area (Å²) in [4.78, 5) is 38.3. The zero-order valence-corrected chi connectivity index (χ0v) is 19.3. The number of ether oxygens (including phenoxy) is 1. The first-order chi connectivity index (χ1) is 14.4. The van der Waals surface area contributed by atoms with Crippen LogP contribution in [0.15, 0.2) is 36.4 Å². The molecule has 0 bridgehead atoms. The van der Waals surface area contributed by atoms with Crippen molar-refractivity contribution >= 4 is 29.3 Å². The fraction of sp³-hybridized carbons (Fsp3) is 0.375. The Labute approximate surface area is 183 Å². The van der Waals surface area contributed by atoms with Gasteiger partial charge in [-0.15, -0.1) is 0 Å². The van der Waals surface area contributed by atoms with Gasteiger partial charge in [-0.25, -0.2) is 4.79 Å². The first-order valence-electron chi connectivity index (χ1n) is 10.1. The van der Waals surface area contributed by atoms with E-state index in [1.807, 2.05) is 32.9 Å². The predicted molar refractivity (Wildman–Crippen MR) is 123 cm³/mol. The van der Waals surface area contributed by atoms with Crippen LogP contribution in [0.4, 0.5) is 16.2 Å². The molecule has 7 nitrogen and oxygen atoms in total. The lowest BCUT2D eigenvalue weighted by Gasteiger charge is -2.20. The number of benzene rings is 2. The minimum absolute atomic E-state index is 0.0799. The number of nitrogens with one attached hydrogen (secondary N) is 2. The molecule has 31 heavy (non-hydrogen) atoms. The van der Waals surface area contributed by atoms with Crippen molar-refractivity contribution < 1.29 is 19.1 Å². The maximum Gasteiger partial charge on any atom is 0.412 e. The lowest BCUT2D eigenvalue weighted by molar-refractivity contribution is -0.116. The third kappa shape index (κ3) is 7.13. The van der Waals surface area contributed by atoms with E-state index in [0.29, 0.717) is 11.3 Å². The van der Waals surface area contributed by atoms with Crippen molar-refractivity contribution in [3.8, 4) is 0 Å². The zero-order chi connectivity index (χ0) is 23.3. The smallest absolute Gasteiger partial charge is 0.412 e. The third-order valence-electron chi connectivity index (χ3n) is 4.45. The Hall–Kier alpha value is -3.35. The summed E-state index contributed by atoms with van der Waals surface area (Å²) in [5.41, 5.74) is 4.18. The van der Waals surface area contributed by atoms with Gasteiger partial charge in [0, 0.05) is 24.0 Å². The lowest BCUT2D eigenvalue weighted by atomic mass is 10.1. The predicted octanol–water partition coefficient (Wildman–Crippen LogP) is 4.67. The van der Waals surface area contributed by atoms with E-state index in [0.717, 1.165) is 22.4 Å². The highest BCUT2D eigenvalue weighted by Gasteiger charge is 2.18. The van der Waals surface area contributed by atoms with Crippen LogP contribution in [0, 0.1) is 20.8 Å². The molecule has 0 aliphatic rings. The van der Waals surface area contributed by atoms with Gasteiger partial charge in [0.05, 0.1) is 6.54 Å². The van der Waals surface area contributed by atoms with Gasteiger partial charge in [-0.3, -0.25) is 14.9 Å². The lowest BCUT2D eigenvalue weighted by Crippen LogP contribution is -2.35. The Kier molecular flexibility index (Phi) is 7.44. The number of anilines is 2. The van der Waals surface area contributed by atoms with Crippen molar-refractivity contribution in [2.75, 3.05) is 24.2 Å². The molecule has 0 fully saturated rings. The summed E-state index contributed by atoms with van der Waals surface area (Å²) in [5.74, 6) is -0.564. The number of likely N-dealkylation sites (N-methyl/N-ethyl adjacent to an activating group) is 1. The van der Waals surface area contributed by atoms with Gasteiger partial charge in [-0.1, -0.05) is 17.7 Å². The molecule has 0 aromatic heterocycles. The number of aryl methyl sites for hydroxylation is 3. The van der Waals surface area contributed by atoms with Crippen molar-refractivity contribution in [2.45, 2.75) is 47.1 Å². The van der Waals surface area contributed by atoms with Crippen LogP contribution in [0.2, 0.25) is 0 Å². The number of amides is 3. The normalized spacial score (nSPS) is 10.9. The summed E-state index contributed by atoms with van der Waals surface area (Å²) in [7, 11) is 1.57. The molecule has 0 spiro atoms. The van der Waals surface area contributed by atoms with Gasteiger partial charge < -0.3 is 15.0 Å². The van der Waals surface area contributed by atoms with Crippen molar-refractivity contribution in [1.29, 1.82) is 0 Å². The number of rotatable bonds is 5. The molecule has 0 heterocycles. The van der Waals surface area contributed by atoms with E-state index >= 15 is 0 Å². The maximum atomic E-state index is 12.7. The summed E-state index contributed by atoms with van der Waals surface area (Å²) in [6, 6.07) is 10.4. The topological polar surface area (TPSA) is 87.7 Å². The average molecular weight is 426 g/mol. The Morgan fingerprint density at radius 3 is 2.00 bits per heavy atom. The molecule has 0 aliphatic carbocycles. The van der Waals surface area contributed by atoms with E-state index in [1.165, 1.54) is 4.90 Å². The minimum Gasteiger partial charge on any atom is -0.444 e. The van der Waals surface area contributed by atoms with Gasteiger partial charge in [-0.05, 0) is 76.9 Å². The molecule has 0 radical (unpaired) electrons. The number of carbonyl (C=O) groups excluding carboxylic acids is 3. The number of hydrogen-bond acceptors (Lipinski definition) is 4. The maximum absolute atomic E-state index is 12.7. The molecule has 7 heteroatoms. The molecule has 2 N–H and O–H groups in total. The highest BCUT2D eigenvalue weighted by Crippen LogP contribution is 2.22. The second-order valence-electron chi connectivity index (χ2n) is 8.69. The quantitative estimate of drug-likeness (QED) is 0.729. The fourth-order valence-electron chi connectivity index (χ4n) is 3.18. The number of carbonyl (C=O) groups is 3. The molecular weight excluding hydrogens is 394 g/mol. The molecule has 166 valence electrons. The number of nitrogens with zero attached hydrogens (tertiary/aromatic N) is 1. The molecule has 0 saturated heterocycles. The van der Waals surface area contributed by atoms with Crippen LogP contribution >= 0.6 is 0 Å². The van der Waals surface area contributed by atoms with E-state index in [1.54, 1.807) is 52.1 Å². The molecule has 0 unspecified atom stereocenters. The molecule has 2 aromatic carbocycles. The van der Waals surface area contributed by atoms with Gasteiger partial charge in [0.25, 0.3) is 5.91 Å². The SMILES string of the molecule is Cc1cc(C)c(NC(=O)CN(C)C(=O)c2ccc(NC(=O)OC(C)(C)C)cc2)c(C)c1. The second-order valence-corrected chi connectivity index (χ2v) is 8.69. The largest absolute Gasteiger partial charge is 0.444 e. The van der Waals surface area contributed by atoms with E-state index in [9.17, 15) is 14.4 Å². The summed E-state index contributed by atoms with van der Waals surface area (Å²) in [6.45, 7) is 11.1. The standard InChI is InChI=1S/C24H31N3O4/c1-15-12-16(2)21(17(3)13-15)26-20(28)14-27(7)22(29)18-8-10-19(11-9-18)25-23(30)31-24(4,5)6/h8-13H,14H2,1-7H3,(H,25,30)(H,26,28). The van der Waals surface area contributed by atoms with Crippen LogP contribution in [0.3, 0.4) is 0 Å². The van der Waals surface area contributed by atoms with Crippen molar-refractivity contribution in [2.24, 2.45) is 0 Å². The fourth-order valence-corrected chi connectivity index (χ4v) is 3.18. The van der Waals surface area contributed by atoms with Crippen LogP contribution in [-0.4, -0.2) is 42.0 Å². The molecule has 0 atom stereocenters. The minimum atomic E-state index is -0.598. The summed E-state index contributed by atoms with van der Waals surface area (Å²) in [5, 5.41) is 5.52. The average Bonchev–Trinajstić information content (AvgIpc) is 2.63. The van der Waals surface area contributed by atoms with E-state index in [4.69, 9.17) is 4.74 Å². The Bertz CT molecular complexity index is 952. The molecule has 2 aromatic rings. The van der Waals surface area contributed by atoms with Crippen molar-refractivity contribution in [1.82, 2.24) is 4.90 Å². The third-order valence-corrected chi connectivity index (χ3v) is 4.45. The van der Waals surface area contributed by atoms with Crippen LogP contribution < -0.4 is 10.6 Å². The summed E-state index contributed by atoms with van der Waals surface area (Å²) in [6.07, 6.45) is -0.568. The van der Waals surface area contributed by atoms with Gasteiger partial charge in [0.15, 0.2) is 0 Å². The monoisotopic (exact) mass is 425 g/mol. The van der Waals surface area contributed by atoms with Gasteiger partial charge in [-0.2, -0.15) is 0 Å².